The van der Waals surface area contributed by atoms with Gasteiger partial charge in [-0.2, -0.15) is 0 Å². The van der Waals surface area contributed by atoms with Crippen LogP contribution in [0, 0.1) is 13.8 Å². The summed E-state index contributed by atoms with van der Waals surface area (Å²) in [7, 11) is -0.928. The summed E-state index contributed by atoms with van der Waals surface area (Å²) in [6.45, 7) is 3.92. The van der Waals surface area contributed by atoms with Crippen molar-refractivity contribution in [1.82, 2.24) is 4.98 Å². The summed E-state index contributed by atoms with van der Waals surface area (Å²) in [5.41, 5.74) is 4.92. The number of para-hydroxylation sites is 1. The van der Waals surface area contributed by atoms with Crippen LogP contribution in [0.25, 0.3) is 11.1 Å². The van der Waals surface area contributed by atoms with Crippen LogP contribution in [0.5, 0.6) is 5.75 Å². The lowest BCUT2D eigenvalue weighted by Crippen LogP contribution is -2.32. The van der Waals surface area contributed by atoms with Crippen LogP contribution >= 0.6 is 0 Å². The average Bonchev–Trinajstić information content (AvgIpc) is 3.24. The fourth-order valence-corrected chi connectivity index (χ4v) is 4.78. The van der Waals surface area contributed by atoms with Gasteiger partial charge in [-0.15, -0.1) is 0 Å². The fourth-order valence-electron chi connectivity index (χ4n) is 3.33. The van der Waals surface area contributed by atoms with E-state index in [9.17, 15) is 9.26 Å². The smallest absolute Gasteiger partial charge is 0.436 e. The molecule has 2 aromatic heterocycles. The number of rotatable bonds is 6. The Labute approximate surface area is 180 Å². The molecular formula is C23H21N3O4Si. The van der Waals surface area contributed by atoms with Crippen molar-refractivity contribution in [2.45, 2.75) is 13.8 Å². The van der Waals surface area contributed by atoms with Crippen LogP contribution < -0.4 is 20.2 Å². The Kier molecular flexibility index (Phi) is 5.64. The zero-order valence-electron chi connectivity index (χ0n) is 17.4. The second kappa shape index (κ2) is 8.53. The SMILES string of the molecule is COc1ccc(NC(=O)c2cnc3ccoc3c2)cc1[Si](=O)Nc1c(C)cccc1C. The number of fused-ring (bicyclic) bond motifs is 1. The number of methoxy groups -OCH3 is 1. The minimum Gasteiger partial charge on any atom is -0.496 e. The van der Waals surface area contributed by atoms with Crippen molar-refractivity contribution in [3.05, 3.63) is 77.7 Å². The first-order valence-electron chi connectivity index (χ1n) is 9.66. The molecule has 8 heteroatoms. The van der Waals surface area contributed by atoms with E-state index in [1.165, 1.54) is 19.6 Å². The fraction of sp³-hybridized carbons (Fsp3) is 0.130. The number of nitrogens with one attached hydrogen (secondary N) is 2. The van der Waals surface area contributed by atoms with Crippen molar-refractivity contribution in [2.24, 2.45) is 0 Å². The standard InChI is InChI=1S/C23H21N3O4Si/c1-14-5-4-6-15(2)22(14)26-31(28)21-12-17(7-8-19(21)29-3)25-23(27)16-11-20-18(24-13-16)9-10-30-20/h4-13,26H,1-3H3,(H,25,27). The number of amides is 1. The number of benzene rings is 2. The predicted octanol–water partition coefficient (Wildman–Crippen LogP) is 3.94. The van der Waals surface area contributed by atoms with E-state index in [-0.39, 0.29) is 5.91 Å². The Bertz CT molecular complexity index is 1280. The molecule has 2 aromatic carbocycles. The molecule has 0 fully saturated rings. The normalized spacial score (nSPS) is 10.7. The number of ether oxygens (including phenoxy) is 1. The largest absolute Gasteiger partial charge is 0.496 e. The highest BCUT2D eigenvalue weighted by Gasteiger charge is 2.19. The minimum atomic E-state index is -2.45. The maximum absolute atomic E-state index is 13.2. The summed E-state index contributed by atoms with van der Waals surface area (Å²) in [4.78, 5) is 20.0. The Morgan fingerprint density at radius 2 is 1.87 bits per heavy atom. The maximum atomic E-state index is 13.2. The van der Waals surface area contributed by atoms with Crippen LogP contribution in [0.3, 0.4) is 0 Å². The first-order chi connectivity index (χ1) is 15.0. The summed E-state index contributed by atoms with van der Waals surface area (Å²) in [5, 5.41) is 3.31. The molecule has 156 valence electrons. The number of furan rings is 1. The van der Waals surface area contributed by atoms with E-state index in [1.807, 2.05) is 32.0 Å². The first kappa shape index (κ1) is 20.5. The van der Waals surface area contributed by atoms with Crippen molar-refractivity contribution in [3.8, 4) is 5.75 Å². The second-order valence-corrected chi connectivity index (χ2v) is 8.57. The molecule has 0 saturated heterocycles. The maximum Gasteiger partial charge on any atom is 0.436 e. The molecule has 0 saturated carbocycles. The van der Waals surface area contributed by atoms with Gasteiger partial charge in [0.05, 0.1) is 24.1 Å². The molecule has 0 atom stereocenters. The third-order valence-corrected chi connectivity index (χ3v) is 6.34. The molecule has 2 heterocycles. The molecule has 0 bridgehead atoms. The van der Waals surface area contributed by atoms with E-state index in [1.54, 1.807) is 30.3 Å². The van der Waals surface area contributed by atoms with E-state index < -0.39 is 8.84 Å². The van der Waals surface area contributed by atoms with Gasteiger partial charge in [-0.25, -0.2) is 0 Å². The summed E-state index contributed by atoms with van der Waals surface area (Å²) >= 11 is 0. The number of pyridine rings is 1. The Morgan fingerprint density at radius 1 is 1.10 bits per heavy atom. The number of aromatic nitrogens is 1. The molecule has 0 radical (unpaired) electrons. The van der Waals surface area contributed by atoms with Crippen LogP contribution in [0.4, 0.5) is 11.4 Å². The number of carbonyl (C=O) groups excluding carboxylic acids is 1. The van der Waals surface area contributed by atoms with Crippen molar-refractivity contribution >= 4 is 42.4 Å². The van der Waals surface area contributed by atoms with Crippen LogP contribution in [0.1, 0.15) is 21.5 Å². The summed E-state index contributed by atoms with van der Waals surface area (Å²) in [5.74, 6) is 0.142. The van der Waals surface area contributed by atoms with Crippen molar-refractivity contribution in [2.75, 3.05) is 17.4 Å². The monoisotopic (exact) mass is 431 g/mol. The number of aryl methyl sites for hydroxylation is 2. The topological polar surface area (TPSA) is 93.5 Å². The van der Waals surface area contributed by atoms with Gasteiger partial charge in [0.15, 0.2) is 5.58 Å². The van der Waals surface area contributed by atoms with E-state index in [0.717, 1.165) is 16.8 Å². The molecule has 31 heavy (non-hydrogen) atoms. The van der Waals surface area contributed by atoms with Crippen LogP contribution in [0.15, 0.2) is 65.4 Å². The predicted molar refractivity (Wildman–Crippen MR) is 121 cm³/mol. The molecule has 0 aliphatic heterocycles. The molecule has 0 aliphatic carbocycles. The minimum absolute atomic E-state index is 0.343. The van der Waals surface area contributed by atoms with Crippen molar-refractivity contribution < 1.29 is 18.4 Å². The van der Waals surface area contributed by atoms with Crippen LogP contribution in [0.2, 0.25) is 0 Å². The molecule has 4 rings (SSSR count). The van der Waals surface area contributed by atoms with E-state index in [0.29, 0.717) is 33.3 Å². The van der Waals surface area contributed by atoms with Crippen LogP contribution in [-0.4, -0.2) is 26.8 Å². The Hall–Kier alpha value is -3.78. The van der Waals surface area contributed by atoms with Crippen LogP contribution in [-0.2, 0) is 4.46 Å². The number of carbonyl (C=O) groups is 1. The first-order valence-corrected chi connectivity index (χ1v) is 11.1. The molecule has 0 aliphatic rings. The molecule has 1 amide bonds. The summed E-state index contributed by atoms with van der Waals surface area (Å²) in [6, 6.07) is 14.3. The molecule has 4 aromatic rings. The van der Waals surface area contributed by atoms with Gasteiger partial charge >= 0.3 is 8.84 Å². The summed E-state index contributed by atoms with van der Waals surface area (Å²) in [6.07, 6.45) is 3.01. The van der Waals surface area contributed by atoms with Gasteiger partial charge in [0.1, 0.15) is 11.3 Å². The number of anilines is 2. The number of nitrogens with zero attached hydrogens (tertiary/aromatic N) is 1. The average molecular weight is 432 g/mol. The van der Waals surface area contributed by atoms with E-state index >= 15 is 0 Å². The van der Waals surface area contributed by atoms with Gasteiger partial charge in [-0.1, -0.05) is 18.2 Å². The zero-order valence-corrected chi connectivity index (χ0v) is 18.4. The highest BCUT2D eigenvalue weighted by molar-refractivity contribution is 6.64. The molecule has 0 unspecified atom stereocenters. The third-order valence-electron chi connectivity index (χ3n) is 4.99. The highest BCUT2D eigenvalue weighted by atomic mass is 28.3. The summed E-state index contributed by atoms with van der Waals surface area (Å²) < 4.78 is 23.9. The molecule has 2 N–H and O–H groups in total. The molecule has 7 nitrogen and oxygen atoms in total. The van der Waals surface area contributed by atoms with Crippen molar-refractivity contribution in [1.29, 1.82) is 0 Å². The highest BCUT2D eigenvalue weighted by Crippen LogP contribution is 2.21. The Balaban J connectivity index is 1.59. The Morgan fingerprint density at radius 3 is 2.61 bits per heavy atom. The van der Waals surface area contributed by atoms with Crippen molar-refractivity contribution in [3.63, 3.8) is 0 Å². The lowest BCUT2D eigenvalue weighted by atomic mass is 10.1. The van der Waals surface area contributed by atoms with Gasteiger partial charge in [0.25, 0.3) is 5.91 Å². The van der Waals surface area contributed by atoms with Gasteiger partial charge < -0.3 is 23.9 Å². The van der Waals surface area contributed by atoms with Gasteiger partial charge in [0, 0.05) is 23.6 Å². The quantitative estimate of drug-likeness (QED) is 0.449. The lowest BCUT2D eigenvalue weighted by Gasteiger charge is -2.14. The van der Waals surface area contributed by atoms with Gasteiger partial charge in [0.2, 0.25) is 0 Å². The van der Waals surface area contributed by atoms with Gasteiger partial charge in [-0.3, -0.25) is 9.78 Å². The zero-order chi connectivity index (χ0) is 22.0. The molecular weight excluding hydrogens is 410 g/mol. The lowest BCUT2D eigenvalue weighted by molar-refractivity contribution is 0.102. The number of hydrogen-bond donors (Lipinski definition) is 2. The van der Waals surface area contributed by atoms with E-state index in [4.69, 9.17) is 9.15 Å². The molecule has 0 spiro atoms. The van der Waals surface area contributed by atoms with Gasteiger partial charge in [-0.05, 0) is 49.2 Å². The second-order valence-electron chi connectivity index (χ2n) is 7.12. The third kappa shape index (κ3) is 4.24. The number of hydrogen-bond acceptors (Lipinski definition) is 5. The van der Waals surface area contributed by atoms with E-state index in [2.05, 4.69) is 15.3 Å².